The smallest absolute Gasteiger partial charge is 0.335 e. The fourth-order valence-electron chi connectivity index (χ4n) is 2.25. The molecule has 0 radical (unpaired) electrons. The zero-order valence-electron chi connectivity index (χ0n) is 11.6. The molecule has 0 unspecified atom stereocenters. The summed E-state index contributed by atoms with van der Waals surface area (Å²) in [7, 11) is 0. The van der Waals surface area contributed by atoms with Crippen LogP contribution in [0.1, 0.15) is 11.1 Å². The molecular weight excluding hydrogens is 280 g/mol. The van der Waals surface area contributed by atoms with Crippen LogP contribution in [0.3, 0.4) is 0 Å². The number of hydrogen-bond acceptors (Lipinski definition) is 6. The number of benzene rings is 1. The zero-order chi connectivity index (χ0) is 15.7. The molecule has 2 rings (SSSR count). The summed E-state index contributed by atoms with van der Waals surface area (Å²) in [6, 6.07) is 5.41. The van der Waals surface area contributed by atoms with E-state index in [9.17, 15) is 20.1 Å². The Bertz CT molecular complexity index is 510. The molecule has 1 saturated heterocycles. The maximum atomic E-state index is 11.0. The minimum absolute atomic E-state index is 0.439. The highest BCUT2D eigenvalue weighted by Crippen LogP contribution is 2.28. The van der Waals surface area contributed by atoms with Crippen LogP contribution in [0.15, 0.2) is 18.2 Å². The SMILES string of the molecule is Cc1cccc(C)c1O[C@@H]1O[C@H](C(=O)O)[C@@H](O)[C@H](O)[C@H]1O. The van der Waals surface area contributed by atoms with Crippen molar-refractivity contribution in [1.29, 1.82) is 0 Å². The molecule has 0 aliphatic carbocycles. The van der Waals surface area contributed by atoms with Gasteiger partial charge in [0.1, 0.15) is 24.1 Å². The second-order valence-corrected chi connectivity index (χ2v) is 5.07. The number of rotatable bonds is 3. The Kier molecular flexibility index (Phi) is 4.48. The van der Waals surface area contributed by atoms with Crippen LogP contribution in [0.4, 0.5) is 0 Å². The van der Waals surface area contributed by atoms with Gasteiger partial charge in [0, 0.05) is 0 Å². The van der Waals surface area contributed by atoms with Crippen LogP contribution >= 0.6 is 0 Å². The van der Waals surface area contributed by atoms with Crippen molar-refractivity contribution >= 4 is 5.97 Å². The van der Waals surface area contributed by atoms with E-state index >= 15 is 0 Å². The van der Waals surface area contributed by atoms with Gasteiger partial charge < -0.3 is 29.9 Å². The fourth-order valence-corrected chi connectivity index (χ4v) is 2.25. The summed E-state index contributed by atoms with van der Waals surface area (Å²) in [5, 5.41) is 38.2. The van der Waals surface area contributed by atoms with E-state index in [0.717, 1.165) is 11.1 Å². The molecule has 116 valence electrons. The van der Waals surface area contributed by atoms with Crippen LogP contribution in [-0.2, 0) is 9.53 Å². The molecular formula is C14H18O7. The minimum Gasteiger partial charge on any atom is -0.479 e. The van der Waals surface area contributed by atoms with Gasteiger partial charge in [-0.2, -0.15) is 0 Å². The standard InChI is InChI=1S/C14H18O7/c1-6-4-3-5-7(2)11(6)20-14-10(17)8(15)9(16)12(21-14)13(18)19/h3-5,8-10,12,14-17H,1-2H3,(H,18,19)/t8-,9-,10+,12-,14+/m0/s1. The fraction of sp³-hybridized carbons (Fsp3) is 0.500. The molecule has 1 aliphatic rings. The molecule has 1 heterocycles. The highest BCUT2D eigenvalue weighted by molar-refractivity contribution is 5.73. The molecule has 0 bridgehead atoms. The average Bonchev–Trinajstić information content (AvgIpc) is 2.42. The van der Waals surface area contributed by atoms with E-state index < -0.39 is 36.7 Å². The van der Waals surface area contributed by atoms with Crippen LogP contribution in [0.5, 0.6) is 5.75 Å². The Morgan fingerprint density at radius 2 is 1.67 bits per heavy atom. The van der Waals surface area contributed by atoms with Gasteiger partial charge in [-0.1, -0.05) is 18.2 Å². The molecule has 1 aromatic rings. The maximum Gasteiger partial charge on any atom is 0.335 e. The summed E-state index contributed by atoms with van der Waals surface area (Å²) in [5.74, 6) is -1.00. The lowest BCUT2D eigenvalue weighted by molar-refractivity contribution is -0.271. The number of hydrogen-bond donors (Lipinski definition) is 4. The minimum atomic E-state index is -1.73. The number of para-hydroxylation sites is 1. The van der Waals surface area contributed by atoms with Crippen LogP contribution in [0.25, 0.3) is 0 Å². The van der Waals surface area contributed by atoms with Crippen LogP contribution in [0, 0.1) is 13.8 Å². The van der Waals surface area contributed by atoms with Crippen molar-refractivity contribution < 1.29 is 34.7 Å². The number of ether oxygens (including phenoxy) is 2. The zero-order valence-corrected chi connectivity index (χ0v) is 11.6. The van der Waals surface area contributed by atoms with Crippen LogP contribution in [0.2, 0.25) is 0 Å². The van der Waals surface area contributed by atoms with Crippen molar-refractivity contribution in [3.63, 3.8) is 0 Å². The topological polar surface area (TPSA) is 116 Å². The summed E-state index contributed by atoms with van der Waals surface area (Å²) in [5.41, 5.74) is 1.55. The number of aliphatic hydroxyl groups excluding tert-OH is 3. The lowest BCUT2D eigenvalue weighted by Crippen LogP contribution is -2.61. The van der Waals surface area contributed by atoms with Gasteiger partial charge in [-0.3, -0.25) is 0 Å². The van der Waals surface area contributed by atoms with Crippen LogP contribution in [-0.4, -0.2) is 57.1 Å². The molecule has 21 heavy (non-hydrogen) atoms. The third-order valence-electron chi connectivity index (χ3n) is 3.46. The number of carbonyl (C=O) groups is 1. The van der Waals surface area contributed by atoms with Crippen molar-refractivity contribution in [1.82, 2.24) is 0 Å². The van der Waals surface area contributed by atoms with Crippen molar-refractivity contribution in [2.75, 3.05) is 0 Å². The first-order valence-corrected chi connectivity index (χ1v) is 6.48. The van der Waals surface area contributed by atoms with Gasteiger partial charge in [0.05, 0.1) is 0 Å². The van der Waals surface area contributed by atoms with Crippen molar-refractivity contribution in [3.8, 4) is 5.75 Å². The number of aryl methyl sites for hydroxylation is 2. The molecule has 1 aliphatic heterocycles. The summed E-state index contributed by atoms with van der Waals surface area (Å²) in [6.45, 7) is 3.58. The molecule has 0 saturated carbocycles. The van der Waals surface area contributed by atoms with Gasteiger partial charge in [0.2, 0.25) is 6.29 Å². The molecule has 7 nitrogen and oxygen atoms in total. The molecule has 7 heteroatoms. The largest absolute Gasteiger partial charge is 0.479 e. The molecule has 0 aromatic heterocycles. The average molecular weight is 298 g/mol. The Balaban J connectivity index is 2.24. The lowest BCUT2D eigenvalue weighted by atomic mass is 9.99. The first kappa shape index (κ1) is 15.7. The van der Waals surface area contributed by atoms with Crippen molar-refractivity contribution in [2.45, 2.75) is 44.6 Å². The van der Waals surface area contributed by atoms with E-state index in [4.69, 9.17) is 14.6 Å². The summed E-state index contributed by atoms with van der Waals surface area (Å²) < 4.78 is 10.6. The van der Waals surface area contributed by atoms with Gasteiger partial charge >= 0.3 is 5.97 Å². The number of aliphatic hydroxyl groups is 3. The Morgan fingerprint density at radius 3 is 2.19 bits per heavy atom. The Hall–Kier alpha value is -1.67. The van der Waals surface area contributed by atoms with Gasteiger partial charge in [-0.25, -0.2) is 4.79 Å². The van der Waals surface area contributed by atoms with Gasteiger partial charge in [0.25, 0.3) is 0 Å². The molecule has 1 fully saturated rings. The third kappa shape index (κ3) is 3.01. The lowest BCUT2D eigenvalue weighted by Gasteiger charge is -2.38. The number of aliphatic carboxylic acids is 1. The van der Waals surface area contributed by atoms with Gasteiger partial charge in [-0.15, -0.1) is 0 Å². The summed E-state index contributed by atoms with van der Waals surface area (Å²) >= 11 is 0. The van der Waals surface area contributed by atoms with Crippen molar-refractivity contribution in [2.24, 2.45) is 0 Å². The molecule has 0 amide bonds. The number of carboxylic acid groups (broad SMARTS) is 1. The normalized spacial score (nSPS) is 32.7. The second kappa shape index (κ2) is 5.98. The first-order chi connectivity index (χ1) is 9.82. The molecule has 4 N–H and O–H groups in total. The maximum absolute atomic E-state index is 11.0. The van der Waals surface area contributed by atoms with Crippen LogP contribution < -0.4 is 4.74 Å². The predicted octanol–water partition coefficient (Wildman–Crippen LogP) is -0.426. The number of carboxylic acids is 1. The van der Waals surface area contributed by atoms with E-state index in [-0.39, 0.29) is 0 Å². The van der Waals surface area contributed by atoms with Gasteiger partial charge in [-0.05, 0) is 25.0 Å². The van der Waals surface area contributed by atoms with E-state index in [1.165, 1.54) is 0 Å². The van der Waals surface area contributed by atoms with E-state index in [0.29, 0.717) is 5.75 Å². The predicted molar refractivity (Wildman–Crippen MR) is 70.9 cm³/mol. The van der Waals surface area contributed by atoms with Crippen molar-refractivity contribution in [3.05, 3.63) is 29.3 Å². The molecule has 5 atom stereocenters. The van der Waals surface area contributed by atoms with E-state index in [2.05, 4.69) is 0 Å². The first-order valence-electron chi connectivity index (χ1n) is 6.48. The third-order valence-corrected chi connectivity index (χ3v) is 3.46. The highest BCUT2D eigenvalue weighted by Gasteiger charge is 2.48. The second-order valence-electron chi connectivity index (χ2n) is 5.07. The Morgan fingerprint density at radius 1 is 1.10 bits per heavy atom. The highest BCUT2D eigenvalue weighted by atomic mass is 16.7. The van der Waals surface area contributed by atoms with E-state index in [1.807, 2.05) is 6.07 Å². The van der Waals surface area contributed by atoms with E-state index in [1.54, 1.807) is 26.0 Å². The monoisotopic (exact) mass is 298 g/mol. The summed E-state index contributed by atoms with van der Waals surface area (Å²) in [4.78, 5) is 11.0. The molecule has 1 aromatic carbocycles. The quantitative estimate of drug-likeness (QED) is 0.598. The summed E-state index contributed by atoms with van der Waals surface area (Å²) in [6.07, 6.45) is -8.01. The molecule has 0 spiro atoms. The Labute approximate surface area is 121 Å². The van der Waals surface area contributed by atoms with Gasteiger partial charge in [0.15, 0.2) is 6.10 Å².